The Morgan fingerprint density at radius 2 is 1.48 bits per heavy atom. The molecule has 3 aromatic carbocycles. The molecule has 33 heavy (non-hydrogen) atoms. The first kappa shape index (κ1) is 20.8. The monoisotopic (exact) mass is 439 g/mol. The number of para-hydroxylation sites is 2. The van der Waals surface area contributed by atoms with Crippen molar-refractivity contribution >= 4 is 34.2 Å². The van der Waals surface area contributed by atoms with Gasteiger partial charge in [-0.25, -0.2) is 0 Å². The predicted octanol–water partition coefficient (Wildman–Crippen LogP) is 4.96. The van der Waals surface area contributed by atoms with E-state index in [1.807, 2.05) is 67.6 Å². The topological polar surface area (TPSA) is 65.8 Å². The van der Waals surface area contributed by atoms with Crippen LogP contribution in [0.1, 0.15) is 26.5 Å². The van der Waals surface area contributed by atoms with Gasteiger partial charge >= 0.3 is 0 Å². The second-order valence-electron chi connectivity index (χ2n) is 8.19. The summed E-state index contributed by atoms with van der Waals surface area (Å²) >= 11 is 0. The second-order valence-corrected chi connectivity index (χ2v) is 8.19. The summed E-state index contributed by atoms with van der Waals surface area (Å²) in [4.78, 5) is 30.6. The van der Waals surface area contributed by atoms with E-state index < -0.39 is 0 Å². The molecule has 166 valence electrons. The van der Waals surface area contributed by atoms with Gasteiger partial charge in [-0.05, 0) is 42.8 Å². The number of anilines is 2. The lowest BCUT2D eigenvalue weighted by atomic mass is 10.1. The Balaban J connectivity index is 1.41. The molecular weight excluding hydrogens is 414 g/mol. The number of nitrogens with zero attached hydrogens (tertiary/aromatic N) is 2. The molecule has 5 rings (SSSR count). The fourth-order valence-electron chi connectivity index (χ4n) is 4.28. The van der Waals surface area contributed by atoms with Gasteiger partial charge in [0.2, 0.25) is 5.76 Å². The number of hydrogen-bond acceptors (Lipinski definition) is 4. The molecule has 2 amide bonds. The van der Waals surface area contributed by atoms with E-state index in [9.17, 15) is 9.59 Å². The highest BCUT2D eigenvalue weighted by molar-refractivity contribution is 6.14. The highest BCUT2D eigenvalue weighted by Crippen LogP contribution is 2.32. The van der Waals surface area contributed by atoms with Crippen molar-refractivity contribution in [1.82, 2.24) is 4.90 Å². The van der Waals surface area contributed by atoms with E-state index in [1.54, 1.807) is 11.0 Å². The Kier molecular flexibility index (Phi) is 5.57. The van der Waals surface area contributed by atoms with Crippen molar-refractivity contribution < 1.29 is 14.0 Å². The SMILES string of the molecule is Cc1ccccc1C(=O)Nc1c(C(=O)N2CCN(c3ccccc3)CC2)oc2ccccc12. The molecule has 1 fully saturated rings. The number of carbonyl (C=O) groups is 2. The molecule has 6 nitrogen and oxygen atoms in total. The van der Waals surface area contributed by atoms with E-state index in [-0.39, 0.29) is 17.6 Å². The van der Waals surface area contributed by atoms with Crippen LogP contribution in [0.3, 0.4) is 0 Å². The first-order valence-corrected chi connectivity index (χ1v) is 11.1. The molecule has 0 saturated carbocycles. The molecule has 0 aliphatic carbocycles. The number of piperazine rings is 1. The van der Waals surface area contributed by atoms with Gasteiger partial charge in [0.1, 0.15) is 11.3 Å². The van der Waals surface area contributed by atoms with Crippen molar-refractivity contribution in [1.29, 1.82) is 0 Å². The van der Waals surface area contributed by atoms with E-state index in [1.165, 1.54) is 0 Å². The minimum atomic E-state index is -0.261. The van der Waals surface area contributed by atoms with Gasteiger partial charge in [0.15, 0.2) is 0 Å². The highest BCUT2D eigenvalue weighted by atomic mass is 16.3. The lowest BCUT2D eigenvalue weighted by molar-refractivity contribution is 0.0718. The molecule has 1 N–H and O–H groups in total. The van der Waals surface area contributed by atoms with Gasteiger partial charge in [0.05, 0.1) is 0 Å². The predicted molar refractivity (Wildman–Crippen MR) is 130 cm³/mol. The van der Waals surface area contributed by atoms with Crippen LogP contribution < -0.4 is 10.2 Å². The van der Waals surface area contributed by atoms with Gasteiger partial charge in [0.25, 0.3) is 11.8 Å². The molecule has 1 aromatic heterocycles. The summed E-state index contributed by atoms with van der Waals surface area (Å²) in [5.41, 5.74) is 3.59. The zero-order chi connectivity index (χ0) is 22.8. The number of carbonyl (C=O) groups excluding carboxylic acids is 2. The zero-order valence-corrected chi connectivity index (χ0v) is 18.5. The molecule has 0 radical (unpaired) electrons. The smallest absolute Gasteiger partial charge is 0.291 e. The van der Waals surface area contributed by atoms with Crippen molar-refractivity contribution in [2.24, 2.45) is 0 Å². The number of nitrogens with one attached hydrogen (secondary N) is 1. The summed E-state index contributed by atoms with van der Waals surface area (Å²) in [7, 11) is 0. The van der Waals surface area contributed by atoms with Crippen LogP contribution in [-0.4, -0.2) is 42.9 Å². The van der Waals surface area contributed by atoms with Crippen LogP contribution >= 0.6 is 0 Å². The van der Waals surface area contributed by atoms with E-state index in [4.69, 9.17) is 4.42 Å². The van der Waals surface area contributed by atoms with E-state index >= 15 is 0 Å². The van der Waals surface area contributed by atoms with Gasteiger partial charge in [-0.3, -0.25) is 9.59 Å². The van der Waals surface area contributed by atoms with Crippen LogP contribution in [0.25, 0.3) is 11.0 Å². The number of amides is 2. The van der Waals surface area contributed by atoms with Crippen LogP contribution in [0, 0.1) is 6.92 Å². The van der Waals surface area contributed by atoms with Gasteiger partial charge < -0.3 is 19.5 Å². The number of furan rings is 1. The van der Waals surface area contributed by atoms with Gasteiger partial charge in [-0.2, -0.15) is 0 Å². The maximum atomic E-state index is 13.5. The summed E-state index contributed by atoms with van der Waals surface area (Å²) in [5, 5.41) is 3.67. The van der Waals surface area contributed by atoms with Crippen molar-refractivity contribution in [3.05, 3.63) is 95.7 Å². The standard InChI is InChI=1S/C27H25N3O3/c1-19-9-5-6-12-21(19)26(31)28-24-22-13-7-8-14-23(22)33-25(24)27(32)30-17-15-29(16-18-30)20-10-3-2-4-11-20/h2-14H,15-18H2,1H3,(H,28,31). The van der Waals surface area contributed by atoms with Crippen LogP contribution in [0.2, 0.25) is 0 Å². The number of rotatable bonds is 4. The van der Waals surface area contributed by atoms with Crippen molar-refractivity contribution in [3.63, 3.8) is 0 Å². The van der Waals surface area contributed by atoms with Crippen molar-refractivity contribution in [3.8, 4) is 0 Å². The molecule has 6 heteroatoms. The van der Waals surface area contributed by atoms with Crippen LogP contribution in [0.15, 0.2) is 83.3 Å². The fourth-order valence-corrected chi connectivity index (χ4v) is 4.28. The Morgan fingerprint density at radius 1 is 0.818 bits per heavy atom. The third kappa shape index (κ3) is 4.07. The minimum Gasteiger partial charge on any atom is -0.449 e. The van der Waals surface area contributed by atoms with Gasteiger partial charge in [-0.1, -0.05) is 48.5 Å². The number of hydrogen-bond donors (Lipinski definition) is 1. The molecule has 0 unspecified atom stereocenters. The van der Waals surface area contributed by atoms with Crippen LogP contribution in [0.4, 0.5) is 11.4 Å². The maximum absolute atomic E-state index is 13.5. The van der Waals surface area contributed by atoms with E-state index in [0.717, 1.165) is 24.3 Å². The third-order valence-electron chi connectivity index (χ3n) is 6.11. The Bertz CT molecular complexity index is 1300. The molecule has 1 aliphatic rings. The number of fused-ring (bicyclic) bond motifs is 1. The van der Waals surface area contributed by atoms with Crippen molar-refractivity contribution in [2.45, 2.75) is 6.92 Å². The average molecular weight is 440 g/mol. The minimum absolute atomic E-state index is 0.172. The van der Waals surface area contributed by atoms with Crippen LogP contribution in [-0.2, 0) is 0 Å². The first-order chi connectivity index (χ1) is 16.1. The summed E-state index contributed by atoms with van der Waals surface area (Å²) in [6.45, 7) is 4.52. The molecule has 4 aromatic rings. The molecule has 1 aliphatic heterocycles. The number of benzene rings is 3. The quantitative estimate of drug-likeness (QED) is 0.488. The lowest BCUT2D eigenvalue weighted by Crippen LogP contribution is -2.48. The van der Waals surface area contributed by atoms with Crippen molar-refractivity contribution in [2.75, 3.05) is 36.4 Å². The lowest BCUT2D eigenvalue weighted by Gasteiger charge is -2.35. The molecular formula is C27H25N3O3. The molecule has 0 atom stereocenters. The zero-order valence-electron chi connectivity index (χ0n) is 18.5. The Labute approximate surface area is 192 Å². The van der Waals surface area contributed by atoms with E-state index in [0.29, 0.717) is 35.3 Å². The molecule has 1 saturated heterocycles. The summed E-state index contributed by atoms with van der Waals surface area (Å²) in [6, 6.07) is 25.0. The molecule has 0 spiro atoms. The van der Waals surface area contributed by atoms with E-state index in [2.05, 4.69) is 22.3 Å². The summed E-state index contributed by atoms with van der Waals surface area (Å²) in [6.07, 6.45) is 0. The second kappa shape index (κ2) is 8.82. The first-order valence-electron chi connectivity index (χ1n) is 11.1. The molecule has 2 heterocycles. The van der Waals surface area contributed by atoms with Gasteiger partial charge in [0, 0.05) is 42.8 Å². The number of aryl methyl sites for hydroxylation is 1. The molecule has 0 bridgehead atoms. The summed E-state index contributed by atoms with van der Waals surface area (Å²) < 4.78 is 5.97. The third-order valence-corrected chi connectivity index (χ3v) is 6.11. The highest BCUT2D eigenvalue weighted by Gasteiger charge is 2.29. The average Bonchev–Trinajstić information content (AvgIpc) is 3.23. The summed E-state index contributed by atoms with van der Waals surface area (Å²) in [5.74, 6) is -0.298. The Hall–Kier alpha value is -4.06. The largest absolute Gasteiger partial charge is 0.449 e. The fraction of sp³-hybridized carbons (Fsp3) is 0.185. The van der Waals surface area contributed by atoms with Crippen LogP contribution in [0.5, 0.6) is 0 Å². The Morgan fingerprint density at radius 3 is 2.24 bits per heavy atom. The van der Waals surface area contributed by atoms with Gasteiger partial charge in [-0.15, -0.1) is 0 Å². The maximum Gasteiger partial charge on any atom is 0.291 e. The normalized spacial score (nSPS) is 13.8.